The van der Waals surface area contributed by atoms with Crippen LogP contribution >= 0.6 is 0 Å². The first-order chi connectivity index (χ1) is 12.2. The highest BCUT2D eigenvalue weighted by Crippen LogP contribution is 2.35. The summed E-state index contributed by atoms with van der Waals surface area (Å²) in [6, 6.07) is 6.20. The summed E-state index contributed by atoms with van der Waals surface area (Å²) in [6.07, 6.45) is 4.84. The Morgan fingerprint density at radius 1 is 1.04 bits per heavy atom. The molecule has 0 saturated carbocycles. The summed E-state index contributed by atoms with van der Waals surface area (Å²) < 4.78 is 0. The minimum Gasteiger partial charge on any atom is -0.371 e. The molecule has 1 aromatic carbocycles. The van der Waals surface area contributed by atoms with Gasteiger partial charge in [0.25, 0.3) is 0 Å². The second kappa shape index (κ2) is 6.50. The number of nitrogens with one attached hydrogen (secondary N) is 1. The van der Waals surface area contributed by atoms with Crippen LogP contribution in [0.1, 0.15) is 31.2 Å². The lowest BCUT2D eigenvalue weighted by Crippen LogP contribution is -2.52. The normalized spacial score (nSPS) is 24.2. The fourth-order valence-corrected chi connectivity index (χ4v) is 4.21. The van der Waals surface area contributed by atoms with E-state index in [1.54, 1.807) is 0 Å². The SMILES string of the molecule is O=CC1CCN(c2ccc3c(c2)CCN3C2CCC(=O)NC2=O)CC1. The Morgan fingerprint density at radius 3 is 2.56 bits per heavy atom. The maximum absolute atomic E-state index is 12.2. The van der Waals surface area contributed by atoms with Crippen LogP contribution in [0.3, 0.4) is 0 Å². The molecule has 6 heteroatoms. The number of carbonyl (C=O) groups is 3. The summed E-state index contributed by atoms with van der Waals surface area (Å²) in [6.45, 7) is 2.65. The van der Waals surface area contributed by atoms with E-state index in [2.05, 4.69) is 33.3 Å². The number of fused-ring (bicyclic) bond motifs is 1. The summed E-state index contributed by atoms with van der Waals surface area (Å²) in [7, 11) is 0. The molecule has 4 rings (SSSR count). The molecule has 1 N–H and O–H groups in total. The molecule has 132 valence electrons. The average Bonchev–Trinajstić information content (AvgIpc) is 3.05. The zero-order chi connectivity index (χ0) is 17.4. The van der Waals surface area contributed by atoms with E-state index in [4.69, 9.17) is 0 Å². The maximum Gasteiger partial charge on any atom is 0.249 e. The van der Waals surface area contributed by atoms with E-state index >= 15 is 0 Å². The number of hydrogen-bond acceptors (Lipinski definition) is 5. The molecule has 2 saturated heterocycles. The predicted octanol–water partition coefficient (Wildman–Crippen LogP) is 1.27. The smallest absolute Gasteiger partial charge is 0.249 e. The first kappa shape index (κ1) is 16.1. The number of amides is 2. The van der Waals surface area contributed by atoms with Crippen molar-refractivity contribution in [1.82, 2.24) is 5.32 Å². The molecule has 1 atom stereocenters. The lowest BCUT2D eigenvalue weighted by Gasteiger charge is -2.33. The molecule has 3 aliphatic rings. The minimum absolute atomic E-state index is 0.172. The third kappa shape index (κ3) is 3.01. The minimum atomic E-state index is -0.242. The lowest BCUT2D eigenvalue weighted by atomic mass is 9.98. The second-order valence-corrected chi connectivity index (χ2v) is 7.18. The Hall–Kier alpha value is -2.37. The molecule has 0 bridgehead atoms. The van der Waals surface area contributed by atoms with Crippen molar-refractivity contribution in [1.29, 1.82) is 0 Å². The molecular formula is C19H23N3O3. The number of carbonyl (C=O) groups excluding carboxylic acids is 3. The van der Waals surface area contributed by atoms with E-state index in [1.807, 2.05) is 0 Å². The van der Waals surface area contributed by atoms with E-state index < -0.39 is 0 Å². The van der Waals surface area contributed by atoms with Gasteiger partial charge in [0.2, 0.25) is 11.8 Å². The molecule has 25 heavy (non-hydrogen) atoms. The topological polar surface area (TPSA) is 69.7 Å². The van der Waals surface area contributed by atoms with Crippen LogP contribution in [0.2, 0.25) is 0 Å². The van der Waals surface area contributed by atoms with Crippen LogP contribution in [-0.2, 0) is 20.8 Å². The van der Waals surface area contributed by atoms with Crippen LogP contribution in [0.4, 0.5) is 11.4 Å². The quantitative estimate of drug-likeness (QED) is 0.662. The number of piperidine rings is 2. The van der Waals surface area contributed by atoms with E-state index in [0.29, 0.717) is 12.8 Å². The molecule has 1 aromatic rings. The van der Waals surface area contributed by atoms with Crippen LogP contribution in [-0.4, -0.2) is 43.8 Å². The summed E-state index contributed by atoms with van der Waals surface area (Å²) >= 11 is 0. The first-order valence-electron chi connectivity index (χ1n) is 9.09. The first-order valence-corrected chi connectivity index (χ1v) is 9.09. The highest BCUT2D eigenvalue weighted by molar-refractivity contribution is 6.02. The molecule has 0 radical (unpaired) electrons. The van der Waals surface area contributed by atoms with Crippen LogP contribution in [0.15, 0.2) is 18.2 Å². The summed E-state index contributed by atoms with van der Waals surface area (Å²) in [5, 5.41) is 2.45. The molecule has 6 nitrogen and oxygen atoms in total. The largest absolute Gasteiger partial charge is 0.371 e. The number of benzene rings is 1. The van der Waals surface area contributed by atoms with Gasteiger partial charge in [0.1, 0.15) is 12.3 Å². The van der Waals surface area contributed by atoms with E-state index in [-0.39, 0.29) is 23.8 Å². The van der Waals surface area contributed by atoms with Gasteiger partial charge in [-0.3, -0.25) is 14.9 Å². The number of aldehydes is 1. The number of imide groups is 1. The zero-order valence-electron chi connectivity index (χ0n) is 14.2. The maximum atomic E-state index is 12.2. The Labute approximate surface area is 147 Å². The highest BCUT2D eigenvalue weighted by Gasteiger charge is 2.35. The monoisotopic (exact) mass is 341 g/mol. The molecule has 2 amide bonds. The Bertz CT molecular complexity index is 710. The molecular weight excluding hydrogens is 318 g/mol. The van der Waals surface area contributed by atoms with E-state index in [0.717, 1.165) is 50.9 Å². The standard InChI is InChI=1S/C19H23N3O3/c23-12-13-5-8-21(9-6-13)15-1-2-16-14(11-15)7-10-22(16)17-3-4-18(24)20-19(17)25/h1-2,11-13,17H,3-10H2,(H,20,24,25). The summed E-state index contributed by atoms with van der Waals surface area (Å²) in [4.78, 5) is 38.9. The second-order valence-electron chi connectivity index (χ2n) is 7.18. The van der Waals surface area contributed by atoms with Gasteiger partial charge in [-0.05, 0) is 49.4 Å². The summed E-state index contributed by atoms with van der Waals surface area (Å²) in [5.41, 5.74) is 3.58. The van der Waals surface area contributed by atoms with Crippen molar-refractivity contribution in [2.75, 3.05) is 29.4 Å². The molecule has 2 fully saturated rings. The van der Waals surface area contributed by atoms with Crippen LogP contribution < -0.4 is 15.1 Å². The number of nitrogens with zero attached hydrogens (tertiary/aromatic N) is 2. The van der Waals surface area contributed by atoms with Crippen molar-refractivity contribution in [3.8, 4) is 0 Å². The van der Waals surface area contributed by atoms with Crippen molar-refractivity contribution in [3.63, 3.8) is 0 Å². The van der Waals surface area contributed by atoms with Crippen molar-refractivity contribution in [2.45, 2.75) is 38.1 Å². The summed E-state index contributed by atoms with van der Waals surface area (Å²) in [5.74, 6) is -0.146. The van der Waals surface area contributed by atoms with Gasteiger partial charge in [0.15, 0.2) is 0 Å². The number of anilines is 2. The lowest BCUT2D eigenvalue weighted by molar-refractivity contribution is -0.134. The fraction of sp³-hybridized carbons (Fsp3) is 0.526. The van der Waals surface area contributed by atoms with Gasteiger partial charge in [0, 0.05) is 43.3 Å². The van der Waals surface area contributed by atoms with Crippen molar-refractivity contribution in [3.05, 3.63) is 23.8 Å². The van der Waals surface area contributed by atoms with E-state index in [9.17, 15) is 14.4 Å². The van der Waals surface area contributed by atoms with Crippen LogP contribution in [0.25, 0.3) is 0 Å². The molecule has 3 aliphatic heterocycles. The third-order valence-corrected chi connectivity index (χ3v) is 5.68. The molecule has 1 unspecified atom stereocenters. The highest BCUT2D eigenvalue weighted by atomic mass is 16.2. The van der Waals surface area contributed by atoms with Crippen molar-refractivity contribution < 1.29 is 14.4 Å². The molecule has 0 aliphatic carbocycles. The number of hydrogen-bond donors (Lipinski definition) is 1. The van der Waals surface area contributed by atoms with Gasteiger partial charge in [0.05, 0.1) is 0 Å². The average molecular weight is 341 g/mol. The van der Waals surface area contributed by atoms with Gasteiger partial charge < -0.3 is 14.6 Å². The third-order valence-electron chi connectivity index (χ3n) is 5.68. The van der Waals surface area contributed by atoms with Gasteiger partial charge in [-0.1, -0.05) is 0 Å². The predicted molar refractivity (Wildman–Crippen MR) is 94.7 cm³/mol. The van der Waals surface area contributed by atoms with Crippen molar-refractivity contribution >= 4 is 29.5 Å². The Morgan fingerprint density at radius 2 is 1.84 bits per heavy atom. The van der Waals surface area contributed by atoms with Gasteiger partial charge in [-0.25, -0.2) is 0 Å². The van der Waals surface area contributed by atoms with Gasteiger partial charge in [-0.2, -0.15) is 0 Å². The van der Waals surface area contributed by atoms with Gasteiger partial charge in [-0.15, -0.1) is 0 Å². The molecule has 0 aromatic heterocycles. The van der Waals surface area contributed by atoms with Crippen molar-refractivity contribution in [2.24, 2.45) is 5.92 Å². The molecule has 0 spiro atoms. The van der Waals surface area contributed by atoms with E-state index in [1.165, 1.54) is 11.3 Å². The Kier molecular flexibility index (Phi) is 4.19. The van der Waals surface area contributed by atoms with Crippen LogP contribution in [0, 0.1) is 5.92 Å². The molecule has 3 heterocycles. The number of rotatable bonds is 3. The van der Waals surface area contributed by atoms with Gasteiger partial charge >= 0.3 is 0 Å². The fourth-order valence-electron chi connectivity index (χ4n) is 4.21. The Balaban J connectivity index is 1.50. The van der Waals surface area contributed by atoms with Crippen LogP contribution in [0.5, 0.6) is 0 Å². The zero-order valence-corrected chi connectivity index (χ0v) is 14.2.